The first-order valence-corrected chi connectivity index (χ1v) is 11.3. The number of carboxylic acids is 1. The van der Waals surface area contributed by atoms with Crippen LogP contribution in [0.25, 0.3) is 0 Å². The summed E-state index contributed by atoms with van der Waals surface area (Å²) in [5.41, 5.74) is 2.21. The smallest absolute Gasteiger partial charge is 0.432 e. The van der Waals surface area contributed by atoms with E-state index in [1.165, 1.54) is 5.56 Å². The molecule has 0 bridgehead atoms. The standard InChI is InChI=1S/C22H27N2O4P/c25-21(26)14-15-23-22(27)20(17-19-12-5-2-6-13-19)24-29(28)16-8-7-11-18-9-3-1-4-10-18/h1-6,9-10,12-13,20H,7-8,11,14-17H2,(H2-,23,24,25,26,27,28)/p+1/t20-/m0/s1. The van der Waals surface area contributed by atoms with Gasteiger partial charge in [-0.15, -0.1) is 0 Å². The van der Waals surface area contributed by atoms with E-state index < -0.39 is 20.0 Å². The maximum atomic E-state index is 12.5. The van der Waals surface area contributed by atoms with Crippen molar-refractivity contribution in [3.63, 3.8) is 0 Å². The second kappa shape index (κ2) is 12.8. The molecular formula is C22H28N2O4P+. The minimum atomic E-state index is -1.73. The molecular weight excluding hydrogens is 387 g/mol. The Bertz CT molecular complexity index is 784. The van der Waals surface area contributed by atoms with E-state index in [9.17, 15) is 14.2 Å². The van der Waals surface area contributed by atoms with Gasteiger partial charge in [0.25, 0.3) is 0 Å². The van der Waals surface area contributed by atoms with Crippen LogP contribution in [0, 0.1) is 0 Å². The molecule has 3 N–H and O–H groups in total. The minimum Gasteiger partial charge on any atom is -0.481 e. The topological polar surface area (TPSA) is 95.5 Å². The molecule has 0 saturated carbocycles. The SMILES string of the molecule is O=C(O)CCNC(=O)[C@H](Cc1ccccc1)N[P+](=O)CCCCc1ccccc1. The van der Waals surface area contributed by atoms with Gasteiger partial charge in [-0.1, -0.05) is 70.3 Å². The molecule has 0 radical (unpaired) electrons. The van der Waals surface area contributed by atoms with E-state index in [4.69, 9.17) is 5.11 Å². The third kappa shape index (κ3) is 9.46. The van der Waals surface area contributed by atoms with Crippen LogP contribution < -0.4 is 10.4 Å². The molecule has 0 aliphatic carbocycles. The Balaban J connectivity index is 1.83. The van der Waals surface area contributed by atoms with Crippen LogP contribution in [-0.4, -0.2) is 35.7 Å². The number of nitrogens with one attached hydrogen (secondary N) is 2. The van der Waals surface area contributed by atoms with E-state index in [0.717, 1.165) is 24.8 Å². The Morgan fingerprint density at radius 3 is 2.17 bits per heavy atom. The molecule has 154 valence electrons. The molecule has 0 aliphatic heterocycles. The van der Waals surface area contributed by atoms with Crippen molar-refractivity contribution >= 4 is 19.8 Å². The van der Waals surface area contributed by atoms with Gasteiger partial charge in [0.1, 0.15) is 6.04 Å². The van der Waals surface area contributed by atoms with Gasteiger partial charge in [0.2, 0.25) is 5.91 Å². The van der Waals surface area contributed by atoms with Crippen LogP contribution in [-0.2, 0) is 27.0 Å². The lowest BCUT2D eigenvalue weighted by Gasteiger charge is -2.13. The van der Waals surface area contributed by atoms with Crippen LogP contribution in [0.2, 0.25) is 0 Å². The number of aryl methyl sites for hydroxylation is 1. The summed E-state index contributed by atoms with van der Waals surface area (Å²) in [5, 5.41) is 14.3. The Morgan fingerprint density at radius 1 is 0.931 bits per heavy atom. The predicted octanol–water partition coefficient (Wildman–Crippen LogP) is 3.54. The highest BCUT2D eigenvalue weighted by atomic mass is 31.1. The van der Waals surface area contributed by atoms with Gasteiger partial charge in [-0.2, -0.15) is 0 Å². The van der Waals surface area contributed by atoms with Crippen LogP contribution in [0.5, 0.6) is 0 Å². The summed E-state index contributed by atoms with van der Waals surface area (Å²) >= 11 is 0. The van der Waals surface area contributed by atoms with Gasteiger partial charge < -0.3 is 10.4 Å². The van der Waals surface area contributed by atoms with Crippen LogP contribution in [0.15, 0.2) is 60.7 Å². The van der Waals surface area contributed by atoms with E-state index >= 15 is 0 Å². The zero-order valence-corrected chi connectivity index (χ0v) is 17.3. The predicted molar refractivity (Wildman–Crippen MR) is 114 cm³/mol. The van der Waals surface area contributed by atoms with E-state index in [1.54, 1.807) is 0 Å². The number of rotatable bonds is 13. The zero-order chi connectivity index (χ0) is 20.9. The molecule has 2 aromatic carbocycles. The van der Waals surface area contributed by atoms with E-state index in [-0.39, 0.29) is 18.9 Å². The lowest BCUT2D eigenvalue weighted by Crippen LogP contribution is -2.43. The summed E-state index contributed by atoms with van der Waals surface area (Å²) in [5.74, 6) is -1.30. The fourth-order valence-corrected chi connectivity index (χ4v) is 4.13. The van der Waals surface area contributed by atoms with Crippen LogP contribution >= 0.6 is 7.95 Å². The van der Waals surface area contributed by atoms with E-state index in [2.05, 4.69) is 22.5 Å². The number of carbonyl (C=O) groups excluding carboxylic acids is 1. The van der Waals surface area contributed by atoms with Crippen LogP contribution in [0.4, 0.5) is 0 Å². The van der Waals surface area contributed by atoms with Gasteiger partial charge in [-0.3, -0.25) is 9.59 Å². The van der Waals surface area contributed by atoms with Crippen molar-refractivity contribution in [2.24, 2.45) is 0 Å². The summed E-state index contributed by atoms with van der Waals surface area (Å²) in [7, 11) is -1.73. The van der Waals surface area contributed by atoms with Gasteiger partial charge in [-0.05, 0) is 30.4 Å². The van der Waals surface area contributed by atoms with Gasteiger partial charge in [0.15, 0.2) is 6.16 Å². The highest BCUT2D eigenvalue weighted by Crippen LogP contribution is 2.20. The molecule has 0 fully saturated rings. The van der Waals surface area contributed by atoms with Crippen LogP contribution in [0.3, 0.4) is 0 Å². The first-order valence-electron chi connectivity index (χ1n) is 9.83. The summed E-state index contributed by atoms with van der Waals surface area (Å²) in [6, 6.07) is 19.0. The van der Waals surface area contributed by atoms with Crippen LogP contribution in [0.1, 0.15) is 30.4 Å². The molecule has 0 saturated heterocycles. The molecule has 1 amide bonds. The first-order chi connectivity index (χ1) is 14.0. The quantitative estimate of drug-likeness (QED) is 0.344. The second-order valence-corrected chi connectivity index (χ2v) is 8.31. The van der Waals surface area contributed by atoms with Crippen molar-refractivity contribution in [3.8, 4) is 0 Å². The largest absolute Gasteiger partial charge is 0.481 e. The summed E-state index contributed by atoms with van der Waals surface area (Å²) in [6.45, 7) is 0.0506. The molecule has 0 aromatic heterocycles. The Kier molecular flexibility index (Phi) is 10.0. The minimum absolute atomic E-state index is 0.0506. The van der Waals surface area contributed by atoms with Crippen molar-refractivity contribution in [3.05, 3.63) is 71.8 Å². The number of hydrogen-bond acceptors (Lipinski definition) is 3. The van der Waals surface area contributed by atoms with Crippen molar-refractivity contribution < 1.29 is 19.3 Å². The maximum Gasteiger partial charge on any atom is 0.432 e. The molecule has 0 aliphatic rings. The normalized spacial score (nSPS) is 12.2. The molecule has 0 heterocycles. The molecule has 7 heteroatoms. The summed E-state index contributed by atoms with van der Waals surface area (Å²) in [4.78, 5) is 23.1. The molecule has 6 nitrogen and oxygen atoms in total. The Labute approximate surface area is 172 Å². The monoisotopic (exact) mass is 415 g/mol. The Hall–Kier alpha value is -2.56. The first kappa shape index (κ1) is 22.7. The highest BCUT2D eigenvalue weighted by molar-refractivity contribution is 7.42. The number of unbranched alkanes of at least 4 members (excludes halogenated alkanes) is 1. The van der Waals surface area contributed by atoms with Gasteiger partial charge in [0.05, 0.1) is 6.42 Å². The maximum absolute atomic E-state index is 12.5. The zero-order valence-electron chi connectivity index (χ0n) is 16.4. The lowest BCUT2D eigenvalue weighted by molar-refractivity contribution is -0.137. The lowest BCUT2D eigenvalue weighted by atomic mass is 10.1. The number of hydrogen-bond donors (Lipinski definition) is 3. The third-order valence-electron chi connectivity index (χ3n) is 4.46. The van der Waals surface area contributed by atoms with E-state index in [0.29, 0.717) is 12.6 Å². The summed E-state index contributed by atoms with van der Waals surface area (Å²) in [6.07, 6.45) is 3.42. The molecule has 1 unspecified atom stereocenters. The third-order valence-corrected chi connectivity index (χ3v) is 5.78. The number of benzene rings is 2. The fraction of sp³-hybridized carbons (Fsp3) is 0.364. The fourth-order valence-electron chi connectivity index (χ4n) is 2.93. The molecule has 2 rings (SSSR count). The molecule has 2 atom stereocenters. The number of carbonyl (C=O) groups is 2. The van der Waals surface area contributed by atoms with Crippen molar-refractivity contribution in [2.45, 2.75) is 38.1 Å². The number of aliphatic carboxylic acids is 1. The van der Waals surface area contributed by atoms with Crippen molar-refractivity contribution in [1.29, 1.82) is 0 Å². The van der Waals surface area contributed by atoms with Crippen molar-refractivity contribution in [2.75, 3.05) is 12.7 Å². The molecule has 29 heavy (non-hydrogen) atoms. The number of carboxylic acid groups (broad SMARTS) is 1. The van der Waals surface area contributed by atoms with Gasteiger partial charge in [0, 0.05) is 13.0 Å². The van der Waals surface area contributed by atoms with Crippen molar-refractivity contribution in [1.82, 2.24) is 10.4 Å². The average Bonchev–Trinajstić information content (AvgIpc) is 2.72. The Morgan fingerprint density at radius 2 is 1.55 bits per heavy atom. The van der Waals surface area contributed by atoms with E-state index in [1.807, 2.05) is 48.5 Å². The second-order valence-electron chi connectivity index (χ2n) is 6.85. The van der Waals surface area contributed by atoms with Gasteiger partial charge in [-0.25, -0.2) is 0 Å². The molecule has 0 spiro atoms. The average molecular weight is 415 g/mol. The molecule has 2 aromatic rings. The summed E-state index contributed by atoms with van der Waals surface area (Å²) < 4.78 is 12.5. The highest BCUT2D eigenvalue weighted by Gasteiger charge is 2.27. The van der Waals surface area contributed by atoms with Gasteiger partial charge >= 0.3 is 13.9 Å². The number of amides is 1.